The number of aryl methyl sites for hydroxylation is 1. The fourth-order valence-electron chi connectivity index (χ4n) is 3.83. The van der Waals surface area contributed by atoms with Gasteiger partial charge in [-0.15, -0.1) is 0 Å². The van der Waals surface area contributed by atoms with Crippen LogP contribution in [0.1, 0.15) is 53.1 Å². The second-order valence-electron chi connectivity index (χ2n) is 6.85. The van der Waals surface area contributed by atoms with E-state index < -0.39 is 16.0 Å². The molecule has 0 saturated carbocycles. The average molecular weight is 407 g/mol. The average Bonchev–Trinajstić information content (AvgIpc) is 3.27. The third-order valence-corrected chi connectivity index (χ3v) is 7.30. The van der Waals surface area contributed by atoms with Crippen molar-refractivity contribution >= 4 is 16.0 Å². The lowest BCUT2D eigenvalue weighted by atomic mass is 10.1. The molecule has 2 heterocycles. The lowest BCUT2D eigenvalue weighted by molar-refractivity contribution is 0.0519. The molecule has 1 fully saturated rings. The van der Waals surface area contributed by atoms with Crippen molar-refractivity contribution in [3.05, 3.63) is 46.8 Å². The van der Waals surface area contributed by atoms with Crippen LogP contribution in [0.4, 0.5) is 0 Å². The van der Waals surface area contributed by atoms with Crippen molar-refractivity contribution in [3.63, 3.8) is 0 Å². The van der Waals surface area contributed by atoms with E-state index >= 15 is 0 Å². The molecule has 0 radical (unpaired) electrons. The highest BCUT2D eigenvalue weighted by molar-refractivity contribution is 7.89. The highest BCUT2D eigenvalue weighted by Crippen LogP contribution is 2.39. The number of esters is 1. The van der Waals surface area contributed by atoms with E-state index in [0.29, 0.717) is 17.8 Å². The summed E-state index contributed by atoms with van der Waals surface area (Å²) in [6.45, 7) is 5.69. The number of aromatic nitrogens is 1. The van der Waals surface area contributed by atoms with Gasteiger partial charge < -0.3 is 14.5 Å². The van der Waals surface area contributed by atoms with Gasteiger partial charge in [0.1, 0.15) is 16.3 Å². The molecule has 7 nitrogen and oxygen atoms in total. The third kappa shape index (κ3) is 3.54. The molecule has 152 valence electrons. The minimum atomic E-state index is -3.78. The quantitative estimate of drug-likeness (QED) is 0.743. The number of H-pyrrole nitrogens is 1. The second-order valence-corrected chi connectivity index (χ2v) is 8.67. The largest absolute Gasteiger partial charge is 0.497 e. The Morgan fingerprint density at radius 2 is 1.93 bits per heavy atom. The van der Waals surface area contributed by atoms with Gasteiger partial charge in [0.25, 0.3) is 0 Å². The summed E-state index contributed by atoms with van der Waals surface area (Å²) in [5, 5.41) is 0. The number of ether oxygens (including phenoxy) is 2. The van der Waals surface area contributed by atoms with Crippen LogP contribution in [0.5, 0.6) is 5.75 Å². The Bertz CT molecular complexity index is 963. The molecule has 0 spiro atoms. The minimum absolute atomic E-state index is 0.163. The lowest BCUT2D eigenvalue weighted by Gasteiger charge is -2.25. The first kappa shape index (κ1) is 20.4. The number of nitrogens with zero attached hydrogens (tertiary/aromatic N) is 1. The van der Waals surface area contributed by atoms with Crippen molar-refractivity contribution in [3.8, 4) is 5.75 Å². The van der Waals surface area contributed by atoms with Gasteiger partial charge in [-0.25, -0.2) is 13.2 Å². The molecule has 3 rings (SSSR count). The molecular weight excluding hydrogens is 380 g/mol. The molecule has 1 aromatic heterocycles. The summed E-state index contributed by atoms with van der Waals surface area (Å²) in [5.41, 5.74) is 1.97. The summed E-state index contributed by atoms with van der Waals surface area (Å²) in [4.78, 5) is 15.2. The van der Waals surface area contributed by atoms with Crippen molar-refractivity contribution in [1.29, 1.82) is 0 Å². The normalized spacial score (nSPS) is 17.6. The molecule has 28 heavy (non-hydrogen) atoms. The van der Waals surface area contributed by atoms with Gasteiger partial charge in [0.05, 0.1) is 19.8 Å². The molecule has 0 amide bonds. The summed E-state index contributed by atoms with van der Waals surface area (Å²) in [7, 11) is -2.18. The van der Waals surface area contributed by atoms with Crippen LogP contribution in [0, 0.1) is 13.8 Å². The van der Waals surface area contributed by atoms with Crippen molar-refractivity contribution in [2.24, 2.45) is 0 Å². The van der Waals surface area contributed by atoms with E-state index in [1.54, 1.807) is 27.9 Å². The predicted molar refractivity (Wildman–Crippen MR) is 105 cm³/mol. The molecule has 1 aliphatic heterocycles. The molecule has 8 heteroatoms. The smallest absolute Gasteiger partial charge is 0.355 e. The fourth-order valence-corrected chi connectivity index (χ4v) is 5.92. The SMILES string of the molecule is CCOC(=O)c1[nH]c(C)c(S(=O)(=O)N2CCC[C@H]2c2ccc(OC)cc2)c1C. The Balaban J connectivity index is 1.98. The molecule has 2 aromatic rings. The van der Waals surface area contributed by atoms with Gasteiger partial charge in [-0.05, 0) is 51.3 Å². The zero-order valence-electron chi connectivity index (χ0n) is 16.6. The molecule has 0 bridgehead atoms. The Morgan fingerprint density at radius 1 is 1.25 bits per heavy atom. The number of hydrogen-bond acceptors (Lipinski definition) is 5. The Labute approximate surface area is 165 Å². The lowest BCUT2D eigenvalue weighted by Crippen LogP contribution is -2.31. The van der Waals surface area contributed by atoms with Gasteiger partial charge in [-0.3, -0.25) is 0 Å². The number of hydrogen-bond donors (Lipinski definition) is 1. The maximum absolute atomic E-state index is 13.5. The van der Waals surface area contributed by atoms with E-state index in [2.05, 4.69) is 4.98 Å². The second kappa shape index (κ2) is 7.97. The number of sulfonamides is 1. The fraction of sp³-hybridized carbons (Fsp3) is 0.450. The molecule has 0 unspecified atom stereocenters. The third-order valence-electron chi connectivity index (χ3n) is 5.12. The zero-order valence-corrected chi connectivity index (χ0v) is 17.4. The van der Waals surface area contributed by atoms with Crippen LogP contribution in [-0.2, 0) is 14.8 Å². The van der Waals surface area contributed by atoms with Crippen molar-refractivity contribution < 1.29 is 22.7 Å². The van der Waals surface area contributed by atoms with Crippen LogP contribution in [0.3, 0.4) is 0 Å². The first-order valence-corrected chi connectivity index (χ1v) is 10.8. The number of carbonyl (C=O) groups excluding carboxylic acids is 1. The molecular formula is C20H26N2O5S. The zero-order chi connectivity index (χ0) is 20.5. The highest BCUT2D eigenvalue weighted by Gasteiger charge is 2.39. The van der Waals surface area contributed by atoms with Crippen LogP contribution in [0.25, 0.3) is 0 Å². The predicted octanol–water partition coefficient (Wildman–Crippen LogP) is 3.34. The van der Waals surface area contributed by atoms with Crippen LogP contribution in [-0.4, -0.2) is 43.9 Å². The first-order chi connectivity index (χ1) is 13.3. The Morgan fingerprint density at radius 3 is 2.54 bits per heavy atom. The minimum Gasteiger partial charge on any atom is -0.497 e. The summed E-state index contributed by atoms with van der Waals surface area (Å²) in [6.07, 6.45) is 1.53. The molecule has 0 aliphatic carbocycles. The number of methoxy groups -OCH3 is 1. The van der Waals surface area contributed by atoms with Gasteiger partial charge in [0, 0.05) is 17.8 Å². The summed E-state index contributed by atoms with van der Waals surface area (Å²) in [5.74, 6) is 0.185. The van der Waals surface area contributed by atoms with Gasteiger partial charge in [-0.2, -0.15) is 4.31 Å². The summed E-state index contributed by atoms with van der Waals surface area (Å²) >= 11 is 0. The number of aromatic amines is 1. The standard InChI is InChI=1S/C20H26N2O5S/c1-5-27-20(23)18-13(2)19(14(3)21-18)28(24,25)22-12-6-7-17(22)15-8-10-16(26-4)11-9-15/h8-11,17,21H,5-7,12H2,1-4H3/t17-/m0/s1. The van der Waals surface area contributed by atoms with Crippen molar-refractivity contribution in [1.82, 2.24) is 9.29 Å². The van der Waals surface area contributed by atoms with E-state index in [4.69, 9.17) is 9.47 Å². The van der Waals surface area contributed by atoms with E-state index in [0.717, 1.165) is 24.2 Å². The van der Waals surface area contributed by atoms with Crippen LogP contribution >= 0.6 is 0 Å². The highest BCUT2D eigenvalue weighted by atomic mass is 32.2. The van der Waals surface area contributed by atoms with Gasteiger partial charge in [-0.1, -0.05) is 12.1 Å². The Kier molecular flexibility index (Phi) is 5.81. The van der Waals surface area contributed by atoms with Gasteiger partial charge >= 0.3 is 5.97 Å². The topological polar surface area (TPSA) is 88.7 Å². The van der Waals surface area contributed by atoms with Crippen LogP contribution < -0.4 is 4.74 Å². The summed E-state index contributed by atoms with van der Waals surface area (Å²) in [6, 6.07) is 7.24. The van der Waals surface area contributed by atoms with Crippen LogP contribution in [0.15, 0.2) is 29.2 Å². The summed E-state index contributed by atoms with van der Waals surface area (Å²) < 4.78 is 38.8. The van der Waals surface area contributed by atoms with Crippen molar-refractivity contribution in [2.75, 3.05) is 20.3 Å². The first-order valence-electron chi connectivity index (χ1n) is 9.33. The number of benzene rings is 1. The van der Waals surface area contributed by atoms with E-state index in [1.807, 2.05) is 24.3 Å². The molecule has 1 aromatic carbocycles. The van der Waals surface area contributed by atoms with Gasteiger partial charge in [0.15, 0.2) is 0 Å². The number of nitrogens with one attached hydrogen (secondary N) is 1. The van der Waals surface area contributed by atoms with Gasteiger partial charge in [0.2, 0.25) is 10.0 Å². The maximum Gasteiger partial charge on any atom is 0.355 e. The van der Waals surface area contributed by atoms with Crippen LogP contribution in [0.2, 0.25) is 0 Å². The van der Waals surface area contributed by atoms with E-state index in [1.165, 1.54) is 4.31 Å². The Hall–Kier alpha value is -2.32. The molecule has 1 atom stereocenters. The van der Waals surface area contributed by atoms with Crippen molar-refractivity contribution in [2.45, 2.75) is 44.6 Å². The molecule has 1 aliphatic rings. The number of rotatable bonds is 6. The molecule has 1 N–H and O–H groups in total. The van der Waals surface area contributed by atoms with E-state index in [-0.39, 0.29) is 23.2 Å². The number of carbonyl (C=O) groups is 1. The van der Waals surface area contributed by atoms with E-state index in [9.17, 15) is 13.2 Å². The maximum atomic E-state index is 13.5. The molecule has 1 saturated heterocycles. The monoisotopic (exact) mass is 406 g/mol.